The summed E-state index contributed by atoms with van der Waals surface area (Å²) in [5, 5.41) is 21.7. The number of hydrogen-bond acceptors (Lipinski definition) is 5. The molecular weight excluding hydrogens is 214 g/mol. The van der Waals surface area contributed by atoms with Gasteiger partial charge in [-0.3, -0.25) is 4.79 Å². The monoisotopic (exact) mass is 224 g/mol. The Morgan fingerprint density at radius 3 is 2.75 bits per heavy atom. The molecule has 0 bridgehead atoms. The van der Waals surface area contributed by atoms with E-state index in [0.717, 1.165) is 0 Å². The Kier molecular flexibility index (Phi) is 3.71. The van der Waals surface area contributed by atoms with Crippen LogP contribution in [0, 0.1) is 0 Å². The van der Waals surface area contributed by atoms with Gasteiger partial charge in [0.15, 0.2) is 0 Å². The Balaban J connectivity index is 2.93. The van der Waals surface area contributed by atoms with Gasteiger partial charge >= 0.3 is 0 Å². The van der Waals surface area contributed by atoms with Crippen molar-refractivity contribution in [3.05, 3.63) is 23.8 Å². The summed E-state index contributed by atoms with van der Waals surface area (Å²) in [5.41, 5.74) is -0.105. The molecule has 86 valence electrons. The summed E-state index contributed by atoms with van der Waals surface area (Å²) < 4.78 is 4.87. The van der Waals surface area contributed by atoms with Crippen LogP contribution in [0.3, 0.4) is 0 Å². The van der Waals surface area contributed by atoms with Crippen LogP contribution in [0.25, 0.3) is 0 Å². The third-order valence-corrected chi connectivity index (χ3v) is 1.84. The van der Waals surface area contributed by atoms with Crippen LogP contribution < -0.4 is 15.2 Å². The molecule has 0 radical (unpaired) electrons. The van der Waals surface area contributed by atoms with Crippen molar-refractivity contribution >= 4 is 11.9 Å². The number of carbonyl (C=O) groups is 2. The SMILES string of the molecule is COc1cccc(O)c1C(=O)NCC(=O)[O-]. The van der Waals surface area contributed by atoms with Crippen LogP contribution in [-0.2, 0) is 4.79 Å². The van der Waals surface area contributed by atoms with Crippen LogP contribution in [0.2, 0.25) is 0 Å². The number of phenols is 1. The van der Waals surface area contributed by atoms with E-state index >= 15 is 0 Å². The average Bonchev–Trinajstić information content (AvgIpc) is 2.25. The summed E-state index contributed by atoms with van der Waals surface area (Å²) in [7, 11) is 1.34. The molecule has 0 heterocycles. The molecule has 1 aromatic carbocycles. The molecule has 0 aliphatic rings. The van der Waals surface area contributed by atoms with Gasteiger partial charge < -0.3 is 25.1 Å². The minimum absolute atomic E-state index is 0.105. The van der Waals surface area contributed by atoms with Crippen LogP contribution in [0.5, 0.6) is 11.5 Å². The number of benzene rings is 1. The first-order chi connectivity index (χ1) is 7.56. The van der Waals surface area contributed by atoms with Crippen LogP contribution >= 0.6 is 0 Å². The Bertz CT molecular complexity index is 416. The number of carboxylic acids is 1. The number of hydrogen-bond donors (Lipinski definition) is 2. The molecule has 0 atom stereocenters. The molecule has 1 rings (SSSR count). The van der Waals surface area contributed by atoms with E-state index < -0.39 is 18.4 Å². The van der Waals surface area contributed by atoms with E-state index in [4.69, 9.17) is 4.74 Å². The highest BCUT2D eigenvalue weighted by Gasteiger charge is 2.16. The highest BCUT2D eigenvalue weighted by atomic mass is 16.5. The van der Waals surface area contributed by atoms with Crippen molar-refractivity contribution in [1.82, 2.24) is 5.32 Å². The van der Waals surface area contributed by atoms with E-state index in [2.05, 4.69) is 5.32 Å². The van der Waals surface area contributed by atoms with Crippen LogP contribution in [0.1, 0.15) is 10.4 Å². The van der Waals surface area contributed by atoms with Crippen molar-refractivity contribution in [2.45, 2.75) is 0 Å². The molecule has 2 N–H and O–H groups in total. The highest BCUT2D eigenvalue weighted by Crippen LogP contribution is 2.26. The molecule has 0 fully saturated rings. The number of nitrogens with one attached hydrogen (secondary N) is 1. The van der Waals surface area contributed by atoms with Gasteiger partial charge in [0.05, 0.1) is 19.6 Å². The second-order valence-electron chi connectivity index (χ2n) is 2.91. The zero-order chi connectivity index (χ0) is 12.1. The third kappa shape index (κ3) is 2.63. The molecule has 0 aromatic heterocycles. The minimum atomic E-state index is -1.41. The van der Waals surface area contributed by atoms with Gasteiger partial charge in [0.2, 0.25) is 0 Å². The largest absolute Gasteiger partial charge is 0.548 e. The summed E-state index contributed by atoms with van der Waals surface area (Å²) in [6, 6.07) is 4.29. The number of ether oxygens (including phenoxy) is 1. The summed E-state index contributed by atoms with van der Waals surface area (Å²) in [6.07, 6.45) is 0. The Labute approximate surface area is 91.5 Å². The molecule has 0 unspecified atom stereocenters. The first kappa shape index (κ1) is 11.8. The lowest BCUT2D eigenvalue weighted by Crippen LogP contribution is -2.37. The Morgan fingerprint density at radius 2 is 2.19 bits per heavy atom. The number of phenolic OH excluding ortho intramolecular Hbond substituents is 1. The normalized spacial score (nSPS) is 9.56. The van der Waals surface area contributed by atoms with E-state index in [1.165, 1.54) is 25.3 Å². The van der Waals surface area contributed by atoms with Crippen LogP contribution in [0.15, 0.2) is 18.2 Å². The predicted molar refractivity (Wildman–Crippen MR) is 52.0 cm³/mol. The molecule has 0 saturated heterocycles. The number of carbonyl (C=O) groups excluding carboxylic acids is 2. The summed E-state index contributed by atoms with van der Waals surface area (Å²) in [4.78, 5) is 21.7. The van der Waals surface area contributed by atoms with E-state index in [9.17, 15) is 19.8 Å². The zero-order valence-electron chi connectivity index (χ0n) is 8.52. The number of methoxy groups -OCH3 is 1. The first-order valence-corrected chi connectivity index (χ1v) is 4.40. The topological polar surface area (TPSA) is 98.7 Å². The van der Waals surface area contributed by atoms with Gasteiger partial charge in [-0.25, -0.2) is 0 Å². The van der Waals surface area contributed by atoms with Gasteiger partial charge in [-0.2, -0.15) is 0 Å². The first-order valence-electron chi connectivity index (χ1n) is 4.40. The lowest BCUT2D eigenvalue weighted by Gasteiger charge is -2.10. The number of carboxylic acid groups (broad SMARTS) is 1. The number of rotatable bonds is 4. The van der Waals surface area contributed by atoms with Gasteiger partial charge in [-0.1, -0.05) is 6.07 Å². The minimum Gasteiger partial charge on any atom is -0.548 e. The van der Waals surface area contributed by atoms with Crippen molar-refractivity contribution in [2.75, 3.05) is 13.7 Å². The number of amides is 1. The smallest absolute Gasteiger partial charge is 0.259 e. The third-order valence-electron chi connectivity index (χ3n) is 1.84. The number of aliphatic carboxylic acids is 1. The predicted octanol–water partition coefficient (Wildman–Crippen LogP) is -1.12. The maximum absolute atomic E-state index is 11.5. The lowest BCUT2D eigenvalue weighted by atomic mass is 10.1. The van der Waals surface area contributed by atoms with Crippen molar-refractivity contribution in [1.29, 1.82) is 0 Å². The summed E-state index contributed by atoms with van der Waals surface area (Å²) in [6.45, 7) is -0.629. The molecule has 16 heavy (non-hydrogen) atoms. The number of aromatic hydroxyl groups is 1. The maximum atomic E-state index is 11.5. The van der Waals surface area contributed by atoms with E-state index in [1.807, 2.05) is 0 Å². The maximum Gasteiger partial charge on any atom is 0.259 e. The van der Waals surface area contributed by atoms with Crippen molar-refractivity contribution < 1.29 is 24.5 Å². The molecular formula is C10H10NO5-. The molecule has 0 spiro atoms. The summed E-state index contributed by atoms with van der Waals surface area (Å²) in [5.74, 6) is -2.27. The van der Waals surface area contributed by atoms with E-state index in [-0.39, 0.29) is 17.1 Å². The molecule has 6 heteroatoms. The van der Waals surface area contributed by atoms with E-state index in [1.54, 1.807) is 0 Å². The van der Waals surface area contributed by atoms with Gasteiger partial charge in [0.25, 0.3) is 5.91 Å². The van der Waals surface area contributed by atoms with E-state index in [0.29, 0.717) is 0 Å². The quantitative estimate of drug-likeness (QED) is 0.675. The fraction of sp³-hybridized carbons (Fsp3) is 0.200. The lowest BCUT2D eigenvalue weighted by molar-refractivity contribution is -0.303. The fourth-order valence-corrected chi connectivity index (χ4v) is 1.16. The Hall–Kier alpha value is -2.24. The molecule has 0 aliphatic heterocycles. The van der Waals surface area contributed by atoms with Crippen molar-refractivity contribution in [3.8, 4) is 11.5 Å². The van der Waals surface area contributed by atoms with Gasteiger partial charge in [-0.15, -0.1) is 0 Å². The molecule has 0 aliphatic carbocycles. The van der Waals surface area contributed by atoms with Crippen molar-refractivity contribution in [3.63, 3.8) is 0 Å². The van der Waals surface area contributed by atoms with Crippen molar-refractivity contribution in [2.24, 2.45) is 0 Å². The highest BCUT2D eigenvalue weighted by molar-refractivity contribution is 6.00. The van der Waals surface area contributed by atoms with Gasteiger partial charge in [0, 0.05) is 0 Å². The fourth-order valence-electron chi connectivity index (χ4n) is 1.16. The standard InChI is InChI=1S/C10H11NO5/c1-16-7-4-2-3-6(12)9(7)10(15)11-5-8(13)14/h2-4,12H,5H2,1H3,(H,11,15)(H,13,14)/p-1. The van der Waals surface area contributed by atoms with Crippen LogP contribution in [0.4, 0.5) is 0 Å². The molecule has 1 aromatic rings. The second kappa shape index (κ2) is 5.01. The average molecular weight is 224 g/mol. The van der Waals surface area contributed by atoms with Gasteiger partial charge in [0.1, 0.15) is 17.1 Å². The molecule has 1 amide bonds. The van der Waals surface area contributed by atoms with Gasteiger partial charge in [-0.05, 0) is 12.1 Å². The molecule has 0 saturated carbocycles. The van der Waals surface area contributed by atoms with Crippen LogP contribution in [-0.4, -0.2) is 30.6 Å². The second-order valence-corrected chi connectivity index (χ2v) is 2.91. The summed E-state index contributed by atoms with van der Waals surface area (Å²) >= 11 is 0. The molecule has 6 nitrogen and oxygen atoms in total. The zero-order valence-corrected chi connectivity index (χ0v) is 8.52. The Morgan fingerprint density at radius 1 is 1.50 bits per heavy atom.